The van der Waals surface area contributed by atoms with E-state index in [2.05, 4.69) is 5.10 Å². The van der Waals surface area contributed by atoms with E-state index in [9.17, 15) is 23.3 Å². The molecular formula is C11H8F3N3O3. The quantitative estimate of drug-likeness (QED) is 0.693. The molecule has 20 heavy (non-hydrogen) atoms. The zero-order chi connectivity index (χ0) is 14.9. The molecule has 0 saturated heterocycles. The molecule has 1 N–H and O–H groups in total. The van der Waals surface area contributed by atoms with Crippen LogP contribution in [0.3, 0.4) is 0 Å². The molecule has 2 aromatic rings. The summed E-state index contributed by atoms with van der Waals surface area (Å²) in [5.74, 6) is 0. The number of nitrogens with zero attached hydrogens (tertiary/aromatic N) is 3. The summed E-state index contributed by atoms with van der Waals surface area (Å²) in [4.78, 5) is 9.51. The van der Waals surface area contributed by atoms with Crippen molar-refractivity contribution in [3.63, 3.8) is 0 Å². The molecule has 6 nitrogen and oxygen atoms in total. The third-order valence-electron chi connectivity index (χ3n) is 2.52. The molecule has 0 aliphatic carbocycles. The van der Waals surface area contributed by atoms with Crippen LogP contribution >= 0.6 is 0 Å². The van der Waals surface area contributed by atoms with E-state index in [4.69, 9.17) is 5.11 Å². The smallest absolute Gasteiger partial charge is 0.392 e. The van der Waals surface area contributed by atoms with Crippen molar-refractivity contribution in [1.82, 2.24) is 9.78 Å². The number of nitro groups is 1. The summed E-state index contributed by atoms with van der Waals surface area (Å²) in [6, 6.07) is 5.88. The molecule has 0 aliphatic heterocycles. The van der Waals surface area contributed by atoms with Crippen molar-refractivity contribution in [2.45, 2.75) is 12.8 Å². The number of hydrogen-bond donors (Lipinski definition) is 1. The second kappa shape index (κ2) is 4.93. The average molecular weight is 287 g/mol. The highest BCUT2D eigenvalue weighted by atomic mass is 19.4. The summed E-state index contributed by atoms with van der Waals surface area (Å²) in [7, 11) is 0. The number of halogens is 3. The van der Waals surface area contributed by atoms with Crippen LogP contribution in [0.5, 0.6) is 0 Å². The molecule has 0 aliphatic rings. The van der Waals surface area contributed by atoms with Crippen LogP contribution in [0, 0.1) is 10.1 Å². The number of aromatic nitrogens is 2. The normalized spacial score (nSPS) is 11.6. The van der Waals surface area contributed by atoms with Crippen molar-refractivity contribution >= 4 is 5.69 Å². The SMILES string of the molecule is O=[N+]([O-])c1cn(-c2cccc(CO)c2)nc1C(F)(F)F. The molecule has 0 fully saturated rings. The van der Waals surface area contributed by atoms with Crippen molar-refractivity contribution in [2.24, 2.45) is 0 Å². The molecule has 0 bridgehead atoms. The Labute approximate surface area is 110 Å². The molecule has 0 spiro atoms. The van der Waals surface area contributed by atoms with Gasteiger partial charge in [-0.1, -0.05) is 12.1 Å². The van der Waals surface area contributed by atoms with Gasteiger partial charge in [-0.2, -0.15) is 18.3 Å². The molecule has 106 valence electrons. The van der Waals surface area contributed by atoms with Crippen LogP contribution in [0.25, 0.3) is 5.69 Å². The Hall–Kier alpha value is -2.42. The first-order valence-electron chi connectivity index (χ1n) is 5.34. The summed E-state index contributed by atoms with van der Waals surface area (Å²) in [5.41, 5.74) is -2.03. The summed E-state index contributed by atoms with van der Waals surface area (Å²) in [5, 5.41) is 22.8. The molecule has 0 saturated carbocycles. The van der Waals surface area contributed by atoms with Gasteiger partial charge in [0.1, 0.15) is 6.20 Å². The van der Waals surface area contributed by atoms with E-state index in [0.29, 0.717) is 11.8 Å². The Bertz CT molecular complexity index is 652. The highest BCUT2D eigenvalue weighted by molar-refractivity contribution is 5.41. The number of hydrogen-bond acceptors (Lipinski definition) is 4. The van der Waals surface area contributed by atoms with Crippen LogP contribution in [-0.2, 0) is 12.8 Å². The Morgan fingerprint density at radius 1 is 1.40 bits per heavy atom. The highest BCUT2D eigenvalue weighted by Gasteiger charge is 2.42. The number of benzene rings is 1. The topological polar surface area (TPSA) is 81.2 Å². The van der Waals surface area contributed by atoms with Crippen LogP contribution in [-0.4, -0.2) is 19.8 Å². The lowest BCUT2D eigenvalue weighted by Crippen LogP contribution is -2.09. The summed E-state index contributed by atoms with van der Waals surface area (Å²) in [6.07, 6.45) is -4.22. The van der Waals surface area contributed by atoms with Crippen molar-refractivity contribution in [1.29, 1.82) is 0 Å². The van der Waals surface area contributed by atoms with Gasteiger partial charge < -0.3 is 5.11 Å². The number of aliphatic hydroxyl groups excluding tert-OH is 1. The predicted octanol–water partition coefficient (Wildman–Crippen LogP) is 2.29. The van der Waals surface area contributed by atoms with Crippen molar-refractivity contribution < 1.29 is 23.2 Å². The van der Waals surface area contributed by atoms with E-state index in [0.717, 1.165) is 4.68 Å². The van der Waals surface area contributed by atoms with Crippen LogP contribution in [0.15, 0.2) is 30.5 Å². The van der Waals surface area contributed by atoms with Gasteiger partial charge >= 0.3 is 11.9 Å². The number of alkyl halides is 3. The lowest BCUT2D eigenvalue weighted by Gasteiger charge is -2.03. The minimum absolute atomic E-state index is 0.190. The van der Waals surface area contributed by atoms with Gasteiger partial charge in [-0.15, -0.1) is 0 Å². The molecule has 1 aromatic heterocycles. The van der Waals surface area contributed by atoms with Gasteiger partial charge in [-0.3, -0.25) is 10.1 Å². The average Bonchev–Trinajstić information content (AvgIpc) is 2.84. The monoisotopic (exact) mass is 287 g/mol. The molecule has 1 aromatic carbocycles. The van der Waals surface area contributed by atoms with Crippen molar-refractivity contribution in [3.05, 3.63) is 51.8 Å². The lowest BCUT2D eigenvalue weighted by atomic mass is 10.2. The van der Waals surface area contributed by atoms with Gasteiger partial charge in [-0.25, -0.2) is 4.68 Å². The Kier molecular flexibility index (Phi) is 3.45. The van der Waals surface area contributed by atoms with E-state index in [1.165, 1.54) is 18.2 Å². The standard InChI is InChI=1S/C11H8F3N3O3/c12-11(13,14)10-9(17(19)20)5-16(15-10)8-3-1-2-7(4-8)6-18/h1-5,18H,6H2. The lowest BCUT2D eigenvalue weighted by molar-refractivity contribution is -0.388. The van der Waals surface area contributed by atoms with Crippen LogP contribution in [0.1, 0.15) is 11.3 Å². The van der Waals surface area contributed by atoms with Crippen molar-refractivity contribution in [2.75, 3.05) is 0 Å². The van der Waals surface area contributed by atoms with E-state index >= 15 is 0 Å². The second-order valence-electron chi connectivity index (χ2n) is 3.89. The Morgan fingerprint density at radius 2 is 2.10 bits per heavy atom. The van der Waals surface area contributed by atoms with Gasteiger partial charge in [0, 0.05) is 0 Å². The third kappa shape index (κ3) is 2.62. The van der Waals surface area contributed by atoms with Gasteiger partial charge in [0.2, 0.25) is 5.69 Å². The van der Waals surface area contributed by atoms with Gasteiger partial charge in [0.05, 0.1) is 17.2 Å². The molecule has 9 heteroatoms. The molecule has 0 amide bonds. The predicted molar refractivity (Wildman–Crippen MR) is 61.1 cm³/mol. The van der Waals surface area contributed by atoms with E-state index in [-0.39, 0.29) is 12.3 Å². The number of aliphatic hydroxyl groups is 1. The molecule has 0 radical (unpaired) electrons. The maximum Gasteiger partial charge on any atom is 0.442 e. The Morgan fingerprint density at radius 3 is 2.60 bits per heavy atom. The van der Waals surface area contributed by atoms with Gasteiger partial charge in [0.15, 0.2) is 0 Å². The Balaban J connectivity index is 2.56. The van der Waals surface area contributed by atoms with Crippen LogP contribution in [0.4, 0.5) is 18.9 Å². The van der Waals surface area contributed by atoms with E-state index < -0.39 is 22.5 Å². The summed E-state index contributed by atoms with van der Waals surface area (Å²) >= 11 is 0. The minimum Gasteiger partial charge on any atom is -0.392 e. The zero-order valence-electron chi connectivity index (χ0n) is 9.83. The fraction of sp³-hybridized carbons (Fsp3) is 0.182. The first-order valence-corrected chi connectivity index (χ1v) is 5.34. The van der Waals surface area contributed by atoms with Gasteiger partial charge in [0.25, 0.3) is 0 Å². The first-order chi connectivity index (χ1) is 9.32. The maximum atomic E-state index is 12.7. The van der Waals surface area contributed by atoms with Gasteiger partial charge in [-0.05, 0) is 17.7 Å². The minimum atomic E-state index is -4.91. The van der Waals surface area contributed by atoms with E-state index in [1.54, 1.807) is 6.07 Å². The maximum absolute atomic E-state index is 12.7. The molecule has 1 heterocycles. The van der Waals surface area contributed by atoms with Crippen LogP contribution in [0.2, 0.25) is 0 Å². The second-order valence-corrected chi connectivity index (χ2v) is 3.89. The largest absolute Gasteiger partial charge is 0.442 e. The summed E-state index contributed by atoms with van der Waals surface area (Å²) < 4.78 is 38.8. The fourth-order valence-corrected chi connectivity index (χ4v) is 1.63. The molecule has 2 rings (SSSR count). The fourth-order valence-electron chi connectivity index (χ4n) is 1.63. The zero-order valence-corrected chi connectivity index (χ0v) is 9.83. The van der Waals surface area contributed by atoms with E-state index in [1.807, 2.05) is 0 Å². The molecule has 0 unspecified atom stereocenters. The van der Waals surface area contributed by atoms with Crippen LogP contribution < -0.4 is 0 Å². The highest BCUT2D eigenvalue weighted by Crippen LogP contribution is 2.35. The number of rotatable bonds is 3. The first kappa shape index (κ1) is 14.0. The summed E-state index contributed by atoms with van der Waals surface area (Å²) in [6.45, 7) is -0.302. The molecule has 0 atom stereocenters. The third-order valence-corrected chi connectivity index (χ3v) is 2.52. The molecular weight excluding hydrogens is 279 g/mol. The van der Waals surface area contributed by atoms with Crippen molar-refractivity contribution in [3.8, 4) is 5.69 Å².